The van der Waals surface area contributed by atoms with Gasteiger partial charge in [0.05, 0.1) is 0 Å². The molecule has 0 radical (unpaired) electrons. The van der Waals surface area contributed by atoms with Crippen LogP contribution in [-0.2, 0) is 16.6 Å². The topological polar surface area (TPSA) is 66.4 Å². The molecule has 106 valence electrons. The number of benzene rings is 2. The Labute approximate surface area is 124 Å². The summed E-state index contributed by atoms with van der Waals surface area (Å²) < 4.78 is 40.4. The van der Waals surface area contributed by atoms with Crippen LogP contribution < -0.4 is 4.72 Å². The molecule has 0 saturated carbocycles. The van der Waals surface area contributed by atoms with Gasteiger partial charge in [-0.05, 0) is 24.3 Å². The van der Waals surface area contributed by atoms with Crippen molar-refractivity contribution in [2.24, 2.45) is 0 Å². The van der Waals surface area contributed by atoms with Crippen LogP contribution in [-0.4, -0.2) is 13.5 Å². The molecule has 0 aliphatic rings. The number of halogens is 2. The van der Waals surface area contributed by atoms with Crippen LogP contribution in [0.2, 0.25) is 0 Å². The van der Waals surface area contributed by atoms with Gasteiger partial charge in [-0.25, -0.2) is 17.5 Å². The van der Waals surface area contributed by atoms with E-state index in [4.69, 9.17) is 0 Å². The first kappa shape index (κ1) is 15.0. The van der Waals surface area contributed by atoms with Crippen LogP contribution in [0.3, 0.4) is 0 Å². The van der Waals surface area contributed by atoms with E-state index in [9.17, 15) is 17.9 Å². The highest BCUT2D eigenvalue weighted by Gasteiger charge is 2.19. The maximum Gasteiger partial charge on any atom is 0.243 e. The van der Waals surface area contributed by atoms with Gasteiger partial charge in [0.15, 0.2) is 0 Å². The van der Waals surface area contributed by atoms with Crippen LogP contribution in [0, 0.1) is 5.82 Å². The molecule has 0 spiro atoms. The van der Waals surface area contributed by atoms with E-state index < -0.39 is 20.7 Å². The predicted molar refractivity (Wildman–Crippen MR) is 76.2 cm³/mol. The zero-order valence-corrected chi connectivity index (χ0v) is 12.6. The van der Waals surface area contributed by atoms with Gasteiger partial charge in [0.25, 0.3) is 0 Å². The van der Waals surface area contributed by atoms with Crippen molar-refractivity contribution in [1.29, 1.82) is 0 Å². The number of aromatic hydroxyl groups is 1. The van der Waals surface area contributed by atoms with E-state index in [0.29, 0.717) is 10.0 Å². The van der Waals surface area contributed by atoms with Gasteiger partial charge in [0, 0.05) is 16.6 Å². The van der Waals surface area contributed by atoms with E-state index in [1.807, 2.05) is 0 Å². The number of para-hydroxylation sites is 1. The van der Waals surface area contributed by atoms with Gasteiger partial charge in [-0.2, -0.15) is 0 Å². The summed E-state index contributed by atoms with van der Waals surface area (Å²) in [5, 5.41) is 9.55. The number of hydrogen-bond donors (Lipinski definition) is 2. The van der Waals surface area contributed by atoms with E-state index in [-0.39, 0.29) is 12.3 Å². The summed E-state index contributed by atoms with van der Waals surface area (Å²) in [5.41, 5.74) is 0.411. The molecule has 7 heteroatoms. The maximum atomic E-state index is 13.7. The Bertz CT molecular complexity index is 734. The summed E-state index contributed by atoms with van der Waals surface area (Å²) in [5.74, 6) is -0.865. The van der Waals surface area contributed by atoms with Crippen LogP contribution in [0.25, 0.3) is 0 Å². The lowest BCUT2D eigenvalue weighted by atomic mass is 10.2. The third-order valence-corrected chi connectivity index (χ3v) is 4.56. The highest BCUT2D eigenvalue weighted by Crippen LogP contribution is 2.20. The third-order valence-electron chi connectivity index (χ3n) is 2.63. The van der Waals surface area contributed by atoms with Crippen molar-refractivity contribution >= 4 is 26.0 Å². The molecule has 0 aromatic heterocycles. The molecule has 0 aliphatic carbocycles. The fourth-order valence-corrected chi connectivity index (χ4v) is 3.00. The van der Waals surface area contributed by atoms with Crippen molar-refractivity contribution in [2.45, 2.75) is 11.4 Å². The van der Waals surface area contributed by atoms with Crippen molar-refractivity contribution in [1.82, 2.24) is 4.72 Å². The van der Waals surface area contributed by atoms with Gasteiger partial charge in [0.2, 0.25) is 10.0 Å². The smallest absolute Gasteiger partial charge is 0.243 e. The number of nitrogens with one attached hydrogen (secondary N) is 1. The zero-order chi connectivity index (χ0) is 14.8. The van der Waals surface area contributed by atoms with Crippen molar-refractivity contribution in [3.8, 4) is 5.75 Å². The average molecular weight is 360 g/mol. The largest absolute Gasteiger partial charge is 0.508 e. The average Bonchev–Trinajstić information content (AvgIpc) is 2.37. The molecule has 0 saturated heterocycles. The minimum absolute atomic E-state index is 0.0218. The third kappa shape index (κ3) is 3.36. The SMILES string of the molecule is O=S(=O)(NCc1ccccc1O)c1ccc(Br)cc1F. The lowest BCUT2D eigenvalue weighted by Gasteiger charge is -2.09. The molecule has 2 aromatic carbocycles. The zero-order valence-electron chi connectivity index (χ0n) is 10.2. The van der Waals surface area contributed by atoms with E-state index >= 15 is 0 Å². The predicted octanol–water partition coefficient (Wildman–Crippen LogP) is 2.77. The van der Waals surface area contributed by atoms with Crippen molar-refractivity contribution < 1.29 is 17.9 Å². The Morgan fingerprint density at radius 2 is 1.90 bits per heavy atom. The van der Waals surface area contributed by atoms with Crippen LogP contribution in [0.15, 0.2) is 51.8 Å². The van der Waals surface area contributed by atoms with Gasteiger partial charge in [-0.1, -0.05) is 34.1 Å². The molecule has 4 nitrogen and oxygen atoms in total. The van der Waals surface area contributed by atoms with Gasteiger partial charge in [0.1, 0.15) is 16.5 Å². The number of phenols is 1. The number of sulfonamides is 1. The molecule has 0 bridgehead atoms. The second kappa shape index (κ2) is 5.90. The highest BCUT2D eigenvalue weighted by atomic mass is 79.9. The minimum Gasteiger partial charge on any atom is -0.508 e. The molecular weight excluding hydrogens is 349 g/mol. The molecule has 0 atom stereocenters. The van der Waals surface area contributed by atoms with Gasteiger partial charge in [-0.3, -0.25) is 0 Å². The molecular formula is C13H11BrFNO3S. The Balaban J connectivity index is 2.22. The molecule has 0 heterocycles. The monoisotopic (exact) mass is 359 g/mol. The second-order valence-corrected chi connectivity index (χ2v) is 6.68. The summed E-state index contributed by atoms with van der Waals surface area (Å²) in [6.45, 7) is -0.121. The maximum absolute atomic E-state index is 13.7. The Morgan fingerprint density at radius 3 is 2.55 bits per heavy atom. The standard InChI is InChI=1S/C13H11BrFNO3S/c14-10-5-6-13(11(15)7-10)20(18,19)16-8-9-3-1-2-4-12(9)17/h1-7,16-17H,8H2. The molecule has 20 heavy (non-hydrogen) atoms. The van der Waals surface area contributed by atoms with E-state index in [2.05, 4.69) is 20.7 Å². The minimum atomic E-state index is -3.98. The molecule has 0 amide bonds. The first-order chi connectivity index (χ1) is 9.40. The molecule has 0 unspecified atom stereocenters. The first-order valence-electron chi connectivity index (χ1n) is 5.62. The van der Waals surface area contributed by atoms with E-state index in [1.165, 1.54) is 18.2 Å². The number of rotatable bonds is 4. The normalized spacial score (nSPS) is 11.5. The lowest BCUT2D eigenvalue weighted by Crippen LogP contribution is -2.24. The van der Waals surface area contributed by atoms with Crippen LogP contribution in [0.4, 0.5) is 4.39 Å². The number of hydrogen-bond acceptors (Lipinski definition) is 3. The Hall–Kier alpha value is -1.44. The van der Waals surface area contributed by atoms with Gasteiger partial charge >= 0.3 is 0 Å². The molecule has 0 aliphatic heterocycles. The van der Waals surface area contributed by atoms with Crippen molar-refractivity contribution in [2.75, 3.05) is 0 Å². The second-order valence-electron chi connectivity index (χ2n) is 4.03. The van der Waals surface area contributed by atoms with Gasteiger partial charge in [-0.15, -0.1) is 0 Å². The summed E-state index contributed by atoms with van der Waals surface area (Å²) in [7, 11) is -3.98. The summed E-state index contributed by atoms with van der Waals surface area (Å²) in [6, 6.07) is 10.0. The summed E-state index contributed by atoms with van der Waals surface area (Å²) in [4.78, 5) is -0.434. The van der Waals surface area contributed by atoms with Crippen molar-refractivity contribution in [3.63, 3.8) is 0 Å². The van der Waals surface area contributed by atoms with Crippen LogP contribution >= 0.6 is 15.9 Å². The summed E-state index contributed by atoms with van der Waals surface area (Å²) in [6.07, 6.45) is 0. The molecule has 0 fully saturated rings. The quantitative estimate of drug-likeness (QED) is 0.881. The summed E-state index contributed by atoms with van der Waals surface area (Å²) >= 11 is 3.06. The fraction of sp³-hybridized carbons (Fsp3) is 0.0769. The lowest BCUT2D eigenvalue weighted by molar-refractivity contribution is 0.467. The molecule has 2 aromatic rings. The molecule has 2 rings (SSSR count). The van der Waals surface area contributed by atoms with E-state index in [0.717, 1.165) is 6.07 Å². The Morgan fingerprint density at radius 1 is 1.20 bits per heavy atom. The van der Waals surface area contributed by atoms with Crippen LogP contribution in [0.1, 0.15) is 5.56 Å². The molecule has 2 N–H and O–H groups in total. The van der Waals surface area contributed by atoms with Gasteiger partial charge < -0.3 is 5.11 Å². The van der Waals surface area contributed by atoms with Crippen LogP contribution in [0.5, 0.6) is 5.75 Å². The number of phenolic OH excluding ortho intramolecular Hbond substituents is 1. The Kier molecular flexibility index (Phi) is 4.42. The van der Waals surface area contributed by atoms with Crippen molar-refractivity contribution in [3.05, 3.63) is 58.3 Å². The highest BCUT2D eigenvalue weighted by molar-refractivity contribution is 9.10. The fourth-order valence-electron chi connectivity index (χ4n) is 1.60. The van der Waals surface area contributed by atoms with E-state index in [1.54, 1.807) is 18.2 Å². The first-order valence-corrected chi connectivity index (χ1v) is 7.89.